The number of ether oxygens (including phenoxy) is 2. The van der Waals surface area contributed by atoms with Gasteiger partial charge in [-0.3, -0.25) is 4.79 Å². The number of hydrogen-bond acceptors (Lipinski definition) is 4. The van der Waals surface area contributed by atoms with Crippen LogP contribution in [0.2, 0.25) is 0 Å². The number of fused-ring (bicyclic) bond motifs is 1. The van der Waals surface area contributed by atoms with E-state index in [1.165, 1.54) is 26.2 Å². The Balaban J connectivity index is 2.63. The molecule has 0 aliphatic heterocycles. The number of methoxy groups -OCH3 is 1. The molecule has 0 aliphatic carbocycles. The lowest BCUT2D eigenvalue weighted by molar-refractivity contribution is -0.132. The zero-order chi connectivity index (χ0) is 14.0. The number of carbonyl (C=O) groups is 2. The second kappa shape index (κ2) is 4.97. The molecule has 0 saturated carbocycles. The second-order valence-corrected chi connectivity index (χ2v) is 3.93. The molecule has 0 spiro atoms. The monoisotopic (exact) mass is 260 g/mol. The summed E-state index contributed by atoms with van der Waals surface area (Å²) in [6.45, 7) is 1.30. The Bertz CT molecular complexity index is 660. The first kappa shape index (κ1) is 12.9. The van der Waals surface area contributed by atoms with E-state index >= 15 is 0 Å². The van der Waals surface area contributed by atoms with Crippen molar-refractivity contribution in [3.05, 3.63) is 35.9 Å². The summed E-state index contributed by atoms with van der Waals surface area (Å²) in [6.07, 6.45) is 0. The molecule has 19 heavy (non-hydrogen) atoms. The maximum atomic E-state index is 11.0. The highest BCUT2D eigenvalue weighted by atomic mass is 16.6. The van der Waals surface area contributed by atoms with Crippen LogP contribution in [0.25, 0.3) is 10.8 Å². The quantitative estimate of drug-likeness (QED) is 0.678. The third-order valence-electron chi connectivity index (χ3n) is 2.64. The van der Waals surface area contributed by atoms with Crippen LogP contribution < -0.4 is 9.47 Å². The van der Waals surface area contributed by atoms with Crippen LogP contribution in [-0.4, -0.2) is 24.2 Å². The highest BCUT2D eigenvalue weighted by molar-refractivity contribution is 5.97. The average Bonchev–Trinajstić information content (AvgIpc) is 2.37. The van der Waals surface area contributed by atoms with E-state index < -0.39 is 11.9 Å². The lowest BCUT2D eigenvalue weighted by Gasteiger charge is -2.11. The van der Waals surface area contributed by atoms with Gasteiger partial charge in [-0.15, -0.1) is 0 Å². The van der Waals surface area contributed by atoms with E-state index in [0.717, 1.165) is 0 Å². The molecular formula is C14H12O5. The van der Waals surface area contributed by atoms with Crippen molar-refractivity contribution >= 4 is 22.7 Å². The number of esters is 1. The number of rotatable bonds is 3. The van der Waals surface area contributed by atoms with Crippen LogP contribution >= 0.6 is 0 Å². The molecule has 5 nitrogen and oxygen atoms in total. The van der Waals surface area contributed by atoms with Crippen LogP contribution in [0.1, 0.15) is 17.3 Å². The van der Waals surface area contributed by atoms with Gasteiger partial charge in [0.1, 0.15) is 0 Å². The highest BCUT2D eigenvalue weighted by Crippen LogP contribution is 2.35. The summed E-state index contributed by atoms with van der Waals surface area (Å²) in [7, 11) is 1.47. The fourth-order valence-corrected chi connectivity index (χ4v) is 1.86. The van der Waals surface area contributed by atoms with Gasteiger partial charge in [0.15, 0.2) is 11.5 Å². The van der Waals surface area contributed by atoms with Gasteiger partial charge in [0.2, 0.25) is 0 Å². The third-order valence-corrected chi connectivity index (χ3v) is 2.64. The molecule has 0 atom stereocenters. The van der Waals surface area contributed by atoms with Crippen LogP contribution in [0.5, 0.6) is 11.5 Å². The van der Waals surface area contributed by atoms with Gasteiger partial charge in [0, 0.05) is 12.3 Å². The summed E-state index contributed by atoms with van der Waals surface area (Å²) in [5.41, 5.74) is 0.190. The molecule has 5 heteroatoms. The van der Waals surface area contributed by atoms with Crippen molar-refractivity contribution in [2.75, 3.05) is 7.11 Å². The van der Waals surface area contributed by atoms with E-state index in [1.807, 2.05) is 0 Å². The smallest absolute Gasteiger partial charge is 0.335 e. The predicted molar refractivity (Wildman–Crippen MR) is 68.8 cm³/mol. The number of carboxylic acids is 1. The molecule has 0 bridgehead atoms. The highest BCUT2D eigenvalue weighted by Gasteiger charge is 2.13. The van der Waals surface area contributed by atoms with E-state index in [4.69, 9.17) is 14.6 Å². The van der Waals surface area contributed by atoms with Gasteiger partial charge < -0.3 is 14.6 Å². The summed E-state index contributed by atoms with van der Waals surface area (Å²) in [6, 6.07) is 7.91. The topological polar surface area (TPSA) is 72.8 Å². The number of carbonyl (C=O) groups excluding carboxylic acids is 1. The molecule has 0 amide bonds. The van der Waals surface area contributed by atoms with Crippen molar-refractivity contribution in [3.8, 4) is 11.5 Å². The Hall–Kier alpha value is -2.56. The van der Waals surface area contributed by atoms with Crippen molar-refractivity contribution in [1.29, 1.82) is 0 Å². The van der Waals surface area contributed by atoms with Crippen molar-refractivity contribution in [1.82, 2.24) is 0 Å². The van der Waals surface area contributed by atoms with Crippen molar-refractivity contribution < 1.29 is 24.2 Å². The molecule has 0 saturated heterocycles. The van der Waals surface area contributed by atoms with Crippen LogP contribution in [0, 0.1) is 0 Å². The van der Waals surface area contributed by atoms with Crippen LogP contribution in [0.15, 0.2) is 30.3 Å². The Morgan fingerprint density at radius 2 is 1.89 bits per heavy atom. The summed E-state index contributed by atoms with van der Waals surface area (Å²) < 4.78 is 10.3. The molecular weight excluding hydrogens is 248 g/mol. The fraction of sp³-hybridized carbons (Fsp3) is 0.143. The van der Waals surface area contributed by atoms with Crippen molar-refractivity contribution in [2.24, 2.45) is 0 Å². The molecule has 0 radical (unpaired) electrons. The maximum absolute atomic E-state index is 11.0. The second-order valence-electron chi connectivity index (χ2n) is 3.93. The molecule has 2 rings (SSSR count). The Morgan fingerprint density at radius 1 is 1.16 bits per heavy atom. The minimum Gasteiger partial charge on any atom is -0.492 e. The lowest BCUT2D eigenvalue weighted by atomic mass is 10.1. The van der Waals surface area contributed by atoms with Gasteiger partial charge in [0.05, 0.1) is 12.7 Å². The predicted octanol–water partition coefficient (Wildman–Crippen LogP) is 2.47. The molecule has 0 aliphatic rings. The fourth-order valence-electron chi connectivity index (χ4n) is 1.86. The zero-order valence-electron chi connectivity index (χ0n) is 10.5. The summed E-state index contributed by atoms with van der Waals surface area (Å²) >= 11 is 0. The number of aromatic carboxylic acids is 1. The first-order chi connectivity index (χ1) is 9.02. The molecule has 0 heterocycles. The molecule has 0 aromatic heterocycles. The van der Waals surface area contributed by atoms with E-state index in [1.54, 1.807) is 18.2 Å². The summed E-state index contributed by atoms with van der Waals surface area (Å²) in [4.78, 5) is 21.9. The minimum absolute atomic E-state index is 0.190. The van der Waals surface area contributed by atoms with Crippen LogP contribution in [0.3, 0.4) is 0 Å². The number of carboxylic acid groups (broad SMARTS) is 1. The lowest BCUT2D eigenvalue weighted by Crippen LogP contribution is -2.03. The van der Waals surface area contributed by atoms with E-state index in [0.29, 0.717) is 22.3 Å². The molecule has 2 aromatic rings. The van der Waals surface area contributed by atoms with E-state index in [-0.39, 0.29) is 5.56 Å². The van der Waals surface area contributed by atoms with Crippen molar-refractivity contribution in [3.63, 3.8) is 0 Å². The van der Waals surface area contributed by atoms with E-state index in [2.05, 4.69) is 0 Å². The Kier molecular flexibility index (Phi) is 3.37. The Morgan fingerprint density at radius 3 is 2.47 bits per heavy atom. The Labute approximate surface area is 109 Å². The molecule has 98 valence electrons. The first-order valence-electron chi connectivity index (χ1n) is 5.55. The van der Waals surface area contributed by atoms with Gasteiger partial charge in [-0.2, -0.15) is 0 Å². The largest absolute Gasteiger partial charge is 0.492 e. The number of benzene rings is 2. The van der Waals surface area contributed by atoms with Gasteiger partial charge in [-0.05, 0) is 29.7 Å². The molecule has 0 unspecified atom stereocenters. The summed E-state index contributed by atoms with van der Waals surface area (Å²) in [5.74, 6) is -0.722. The minimum atomic E-state index is -0.995. The molecule has 0 fully saturated rings. The first-order valence-corrected chi connectivity index (χ1v) is 5.55. The van der Waals surface area contributed by atoms with Gasteiger partial charge in [-0.25, -0.2) is 4.79 Å². The molecule has 1 N–H and O–H groups in total. The molecule has 2 aromatic carbocycles. The SMILES string of the molecule is COc1c(OC(C)=O)ccc2cc(C(=O)O)ccc12. The third kappa shape index (κ3) is 2.49. The summed E-state index contributed by atoms with van der Waals surface area (Å²) in [5, 5.41) is 10.3. The van der Waals surface area contributed by atoms with Gasteiger partial charge in [-0.1, -0.05) is 6.07 Å². The number of hydrogen-bond donors (Lipinski definition) is 1. The standard InChI is InChI=1S/C14H12O5/c1-8(15)19-12-6-4-9-7-10(14(16)17)3-5-11(9)13(12)18-2/h3-7H,1-2H3,(H,16,17). The van der Waals surface area contributed by atoms with Gasteiger partial charge in [0.25, 0.3) is 0 Å². The average molecular weight is 260 g/mol. The van der Waals surface area contributed by atoms with Gasteiger partial charge >= 0.3 is 11.9 Å². The van der Waals surface area contributed by atoms with Crippen molar-refractivity contribution in [2.45, 2.75) is 6.92 Å². The zero-order valence-corrected chi connectivity index (χ0v) is 10.5. The van der Waals surface area contributed by atoms with Crippen LogP contribution in [-0.2, 0) is 4.79 Å². The van der Waals surface area contributed by atoms with E-state index in [9.17, 15) is 9.59 Å². The maximum Gasteiger partial charge on any atom is 0.335 e. The normalized spacial score (nSPS) is 10.2. The van der Waals surface area contributed by atoms with Crippen LogP contribution in [0.4, 0.5) is 0 Å².